The van der Waals surface area contributed by atoms with Crippen molar-refractivity contribution in [3.05, 3.63) is 27.7 Å². The van der Waals surface area contributed by atoms with Gasteiger partial charge in [0.1, 0.15) is 5.75 Å². The van der Waals surface area contributed by atoms with Crippen molar-refractivity contribution in [2.24, 2.45) is 5.92 Å². The molecule has 18 heavy (non-hydrogen) atoms. The molecule has 0 amide bonds. The maximum atomic E-state index is 6.10. The van der Waals surface area contributed by atoms with Crippen molar-refractivity contribution in [3.63, 3.8) is 0 Å². The van der Waals surface area contributed by atoms with Crippen LogP contribution in [0.5, 0.6) is 5.75 Å². The Morgan fingerprint density at radius 2 is 2.06 bits per heavy atom. The molecule has 1 N–H and O–H groups in total. The molecule has 0 radical (unpaired) electrons. The van der Waals surface area contributed by atoms with E-state index in [1.165, 1.54) is 36.8 Å². The molecule has 2 rings (SSSR count). The average molecular weight is 312 g/mol. The summed E-state index contributed by atoms with van der Waals surface area (Å²) in [4.78, 5) is 0. The summed E-state index contributed by atoms with van der Waals surface area (Å²) in [5.41, 5.74) is 2.45. The Balaban J connectivity index is 2.09. The van der Waals surface area contributed by atoms with Gasteiger partial charge in [0, 0.05) is 16.6 Å². The quantitative estimate of drug-likeness (QED) is 0.886. The van der Waals surface area contributed by atoms with E-state index in [0.29, 0.717) is 0 Å². The van der Waals surface area contributed by atoms with Gasteiger partial charge in [-0.15, -0.1) is 0 Å². The molecule has 0 atom stereocenters. The molecule has 0 aromatic heterocycles. The second-order valence-electron chi connectivity index (χ2n) is 5.20. The number of aryl methyl sites for hydroxylation is 1. The van der Waals surface area contributed by atoms with E-state index in [1.54, 1.807) is 0 Å². The van der Waals surface area contributed by atoms with E-state index in [0.717, 1.165) is 29.3 Å². The normalized spacial score (nSPS) is 16.2. The van der Waals surface area contributed by atoms with Gasteiger partial charge < -0.3 is 10.1 Å². The monoisotopic (exact) mass is 311 g/mol. The summed E-state index contributed by atoms with van der Waals surface area (Å²) in [6.07, 6.45) is 5.40. The van der Waals surface area contributed by atoms with Crippen molar-refractivity contribution in [2.45, 2.75) is 39.2 Å². The molecule has 0 bridgehead atoms. The van der Waals surface area contributed by atoms with Gasteiger partial charge in [-0.3, -0.25) is 0 Å². The summed E-state index contributed by atoms with van der Waals surface area (Å²) in [7, 11) is 1.97. The van der Waals surface area contributed by atoms with Gasteiger partial charge in [0.15, 0.2) is 0 Å². The number of halogens is 1. The molecule has 1 aliphatic rings. The highest BCUT2D eigenvalue weighted by atomic mass is 79.9. The predicted octanol–water partition coefficient (Wildman–Crippen LogP) is 4.05. The lowest BCUT2D eigenvalue weighted by atomic mass is 10.1. The van der Waals surface area contributed by atoms with Crippen LogP contribution in [0.25, 0.3) is 0 Å². The van der Waals surface area contributed by atoms with Crippen LogP contribution in [0.1, 0.15) is 36.8 Å². The first-order valence-electron chi connectivity index (χ1n) is 6.77. The average Bonchev–Trinajstić information content (AvgIpc) is 2.81. The van der Waals surface area contributed by atoms with Crippen LogP contribution in [0.2, 0.25) is 0 Å². The van der Waals surface area contributed by atoms with Crippen molar-refractivity contribution in [2.75, 3.05) is 13.7 Å². The molecule has 100 valence electrons. The first-order valence-corrected chi connectivity index (χ1v) is 7.56. The Labute approximate surface area is 118 Å². The largest absolute Gasteiger partial charge is 0.493 e. The maximum Gasteiger partial charge on any atom is 0.126 e. The number of rotatable bonds is 5. The van der Waals surface area contributed by atoms with Gasteiger partial charge in [-0.2, -0.15) is 0 Å². The van der Waals surface area contributed by atoms with Crippen LogP contribution in [0.3, 0.4) is 0 Å². The van der Waals surface area contributed by atoms with Gasteiger partial charge in [-0.25, -0.2) is 0 Å². The lowest BCUT2D eigenvalue weighted by molar-refractivity contribution is 0.248. The number of benzene rings is 1. The molecule has 0 saturated heterocycles. The van der Waals surface area contributed by atoms with E-state index >= 15 is 0 Å². The highest BCUT2D eigenvalue weighted by Gasteiger charge is 2.17. The van der Waals surface area contributed by atoms with Crippen LogP contribution in [0.4, 0.5) is 0 Å². The zero-order chi connectivity index (χ0) is 13.0. The molecule has 0 unspecified atom stereocenters. The van der Waals surface area contributed by atoms with Crippen LogP contribution < -0.4 is 10.1 Å². The fraction of sp³-hybridized carbons (Fsp3) is 0.600. The number of ether oxygens (including phenoxy) is 1. The summed E-state index contributed by atoms with van der Waals surface area (Å²) in [6.45, 7) is 3.84. The molecule has 0 spiro atoms. The standard InChI is InChI=1S/C15H22BrNO/c1-11-7-14(16)8-13(9-17-2)15(11)18-10-12-5-3-4-6-12/h7-8,12,17H,3-6,9-10H2,1-2H3. The van der Waals surface area contributed by atoms with Crippen LogP contribution in [-0.4, -0.2) is 13.7 Å². The summed E-state index contributed by atoms with van der Waals surface area (Å²) in [6, 6.07) is 4.27. The number of hydrogen-bond acceptors (Lipinski definition) is 2. The molecule has 1 saturated carbocycles. The molecule has 1 aliphatic carbocycles. The number of hydrogen-bond donors (Lipinski definition) is 1. The Morgan fingerprint density at radius 1 is 1.33 bits per heavy atom. The van der Waals surface area contributed by atoms with Gasteiger partial charge in [0.25, 0.3) is 0 Å². The van der Waals surface area contributed by atoms with Crippen molar-refractivity contribution in [3.8, 4) is 5.75 Å². The summed E-state index contributed by atoms with van der Waals surface area (Å²) in [5, 5.41) is 3.21. The Hall–Kier alpha value is -0.540. The smallest absolute Gasteiger partial charge is 0.126 e. The Morgan fingerprint density at radius 3 is 2.72 bits per heavy atom. The second-order valence-corrected chi connectivity index (χ2v) is 6.12. The second kappa shape index (κ2) is 6.58. The van der Waals surface area contributed by atoms with Crippen LogP contribution in [0.15, 0.2) is 16.6 Å². The molecule has 0 aliphatic heterocycles. The molecule has 1 fully saturated rings. The fourth-order valence-corrected chi connectivity index (χ4v) is 3.33. The van der Waals surface area contributed by atoms with Crippen molar-refractivity contribution >= 4 is 15.9 Å². The third-order valence-electron chi connectivity index (χ3n) is 3.62. The highest BCUT2D eigenvalue weighted by Crippen LogP contribution is 2.30. The Bertz CT molecular complexity index is 400. The fourth-order valence-electron chi connectivity index (χ4n) is 2.71. The van der Waals surface area contributed by atoms with E-state index < -0.39 is 0 Å². The lowest BCUT2D eigenvalue weighted by Crippen LogP contribution is -2.13. The first-order chi connectivity index (χ1) is 8.70. The summed E-state index contributed by atoms with van der Waals surface area (Å²) >= 11 is 3.55. The summed E-state index contributed by atoms with van der Waals surface area (Å²) in [5.74, 6) is 1.83. The maximum absolute atomic E-state index is 6.10. The third-order valence-corrected chi connectivity index (χ3v) is 4.08. The third kappa shape index (κ3) is 3.48. The Kier molecular flexibility index (Phi) is 5.07. The summed E-state index contributed by atoms with van der Waals surface area (Å²) < 4.78 is 7.22. The lowest BCUT2D eigenvalue weighted by Gasteiger charge is -2.17. The molecule has 0 heterocycles. The van der Waals surface area contributed by atoms with Crippen LogP contribution in [0, 0.1) is 12.8 Å². The molecular weight excluding hydrogens is 290 g/mol. The van der Waals surface area contributed by atoms with Crippen molar-refractivity contribution < 1.29 is 4.74 Å². The van der Waals surface area contributed by atoms with E-state index in [4.69, 9.17) is 4.74 Å². The van der Waals surface area contributed by atoms with E-state index in [2.05, 4.69) is 40.3 Å². The molecule has 1 aromatic rings. The van der Waals surface area contributed by atoms with E-state index in [1.807, 2.05) is 7.05 Å². The molecule has 3 heteroatoms. The topological polar surface area (TPSA) is 21.3 Å². The minimum Gasteiger partial charge on any atom is -0.493 e. The zero-order valence-electron chi connectivity index (χ0n) is 11.3. The van der Waals surface area contributed by atoms with E-state index in [-0.39, 0.29) is 0 Å². The van der Waals surface area contributed by atoms with Gasteiger partial charge in [0.2, 0.25) is 0 Å². The minimum atomic E-state index is 0.760. The molecule has 2 nitrogen and oxygen atoms in total. The van der Waals surface area contributed by atoms with Gasteiger partial charge in [-0.05, 0) is 50.4 Å². The van der Waals surface area contributed by atoms with E-state index in [9.17, 15) is 0 Å². The SMILES string of the molecule is CNCc1cc(Br)cc(C)c1OCC1CCCC1. The van der Waals surface area contributed by atoms with Crippen LogP contribution >= 0.6 is 15.9 Å². The molecular formula is C15H22BrNO. The highest BCUT2D eigenvalue weighted by molar-refractivity contribution is 9.10. The first kappa shape index (κ1) is 13.9. The van der Waals surface area contributed by atoms with Gasteiger partial charge in [0.05, 0.1) is 6.61 Å². The number of nitrogens with one attached hydrogen (secondary N) is 1. The minimum absolute atomic E-state index is 0.760. The van der Waals surface area contributed by atoms with Gasteiger partial charge in [-0.1, -0.05) is 28.8 Å². The predicted molar refractivity (Wildman–Crippen MR) is 79.1 cm³/mol. The van der Waals surface area contributed by atoms with Crippen LogP contribution in [-0.2, 0) is 6.54 Å². The van der Waals surface area contributed by atoms with Crippen molar-refractivity contribution in [1.29, 1.82) is 0 Å². The zero-order valence-corrected chi connectivity index (χ0v) is 12.8. The van der Waals surface area contributed by atoms with Crippen molar-refractivity contribution in [1.82, 2.24) is 5.32 Å². The molecule has 1 aromatic carbocycles. The van der Waals surface area contributed by atoms with Gasteiger partial charge >= 0.3 is 0 Å².